The van der Waals surface area contributed by atoms with E-state index in [1.54, 1.807) is 18.4 Å². The third kappa shape index (κ3) is 2.77. The van der Waals surface area contributed by atoms with Crippen molar-refractivity contribution >= 4 is 11.3 Å². The topological polar surface area (TPSA) is 34.1 Å². The minimum absolute atomic E-state index is 0.174. The second kappa shape index (κ2) is 6.04. The van der Waals surface area contributed by atoms with Gasteiger partial charge in [0.1, 0.15) is 11.1 Å². The standard InChI is InChI=1S/C16H20N2OS/c1-17-10-13-14(11-6-4-3-5-7-11)18-16(20-13)15(19-2)12-8-9-12/h3-7,12,15,17H,8-10H2,1-2H3. The summed E-state index contributed by atoms with van der Waals surface area (Å²) in [4.78, 5) is 6.17. The molecule has 1 heterocycles. The summed E-state index contributed by atoms with van der Waals surface area (Å²) in [6, 6.07) is 10.4. The average molecular weight is 288 g/mol. The van der Waals surface area contributed by atoms with E-state index in [4.69, 9.17) is 9.72 Å². The molecule has 1 aliphatic rings. The Labute approximate surface area is 124 Å². The van der Waals surface area contributed by atoms with Crippen LogP contribution >= 0.6 is 11.3 Å². The van der Waals surface area contributed by atoms with Crippen LogP contribution in [0.3, 0.4) is 0 Å². The number of aromatic nitrogens is 1. The molecule has 1 atom stereocenters. The zero-order valence-corrected chi connectivity index (χ0v) is 12.7. The first-order valence-corrected chi connectivity index (χ1v) is 7.87. The molecule has 1 aromatic heterocycles. The number of methoxy groups -OCH3 is 1. The van der Waals surface area contributed by atoms with Crippen molar-refractivity contribution in [2.45, 2.75) is 25.5 Å². The van der Waals surface area contributed by atoms with E-state index >= 15 is 0 Å². The molecule has 0 radical (unpaired) electrons. The summed E-state index contributed by atoms with van der Waals surface area (Å²) in [5, 5.41) is 4.36. The third-order valence-corrected chi connectivity index (χ3v) is 4.76. The molecule has 1 unspecified atom stereocenters. The lowest BCUT2D eigenvalue weighted by molar-refractivity contribution is 0.0844. The van der Waals surface area contributed by atoms with Crippen molar-refractivity contribution in [3.8, 4) is 11.3 Å². The maximum Gasteiger partial charge on any atom is 0.123 e. The zero-order chi connectivity index (χ0) is 13.9. The highest BCUT2D eigenvalue weighted by Gasteiger charge is 2.35. The van der Waals surface area contributed by atoms with E-state index in [1.165, 1.54) is 23.3 Å². The lowest BCUT2D eigenvalue weighted by Gasteiger charge is -2.10. The Morgan fingerprint density at radius 3 is 2.70 bits per heavy atom. The molecule has 0 bridgehead atoms. The van der Waals surface area contributed by atoms with Crippen LogP contribution in [0.2, 0.25) is 0 Å². The summed E-state index contributed by atoms with van der Waals surface area (Å²) in [6.45, 7) is 0.850. The van der Waals surface area contributed by atoms with Crippen LogP contribution in [-0.4, -0.2) is 19.1 Å². The molecule has 0 spiro atoms. The van der Waals surface area contributed by atoms with Crippen LogP contribution in [0.1, 0.15) is 28.8 Å². The number of rotatable bonds is 6. The highest BCUT2D eigenvalue weighted by molar-refractivity contribution is 7.12. The van der Waals surface area contributed by atoms with Gasteiger partial charge in [-0.3, -0.25) is 0 Å². The van der Waals surface area contributed by atoms with Gasteiger partial charge in [0, 0.05) is 24.1 Å². The van der Waals surface area contributed by atoms with Gasteiger partial charge >= 0.3 is 0 Å². The number of nitrogens with one attached hydrogen (secondary N) is 1. The summed E-state index contributed by atoms with van der Waals surface area (Å²) < 4.78 is 5.67. The van der Waals surface area contributed by atoms with E-state index in [1.807, 2.05) is 13.1 Å². The van der Waals surface area contributed by atoms with Gasteiger partial charge in [0.05, 0.1) is 5.69 Å². The molecule has 2 aromatic rings. The normalized spacial score (nSPS) is 16.3. The fourth-order valence-electron chi connectivity index (χ4n) is 2.49. The molecular formula is C16H20N2OS. The number of thiazole rings is 1. The molecule has 106 valence electrons. The summed E-state index contributed by atoms with van der Waals surface area (Å²) in [5.74, 6) is 0.664. The molecule has 3 nitrogen and oxygen atoms in total. The second-order valence-corrected chi connectivity index (χ2v) is 6.33. The zero-order valence-electron chi connectivity index (χ0n) is 11.9. The smallest absolute Gasteiger partial charge is 0.123 e. The van der Waals surface area contributed by atoms with E-state index in [0.29, 0.717) is 5.92 Å². The monoisotopic (exact) mass is 288 g/mol. The van der Waals surface area contributed by atoms with Crippen LogP contribution in [0.25, 0.3) is 11.3 Å². The Balaban J connectivity index is 1.97. The predicted molar refractivity (Wildman–Crippen MR) is 82.8 cm³/mol. The summed E-state index contributed by atoms with van der Waals surface area (Å²) >= 11 is 1.78. The van der Waals surface area contributed by atoms with E-state index < -0.39 is 0 Å². The maximum atomic E-state index is 5.67. The number of nitrogens with zero attached hydrogens (tertiary/aromatic N) is 1. The quantitative estimate of drug-likeness (QED) is 0.881. The van der Waals surface area contributed by atoms with Gasteiger partial charge in [-0.25, -0.2) is 4.98 Å². The van der Waals surface area contributed by atoms with Gasteiger partial charge in [0.25, 0.3) is 0 Å². The largest absolute Gasteiger partial charge is 0.374 e. The average Bonchev–Trinajstić information content (AvgIpc) is 3.22. The van der Waals surface area contributed by atoms with Crippen LogP contribution in [0.5, 0.6) is 0 Å². The molecule has 1 saturated carbocycles. The van der Waals surface area contributed by atoms with Crippen LogP contribution < -0.4 is 5.32 Å². The van der Waals surface area contributed by atoms with Crippen molar-refractivity contribution in [1.82, 2.24) is 10.3 Å². The van der Waals surface area contributed by atoms with Gasteiger partial charge in [0.2, 0.25) is 0 Å². The van der Waals surface area contributed by atoms with Gasteiger partial charge in [-0.15, -0.1) is 11.3 Å². The first-order valence-electron chi connectivity index (χ1n) is 7.06. The Morgan fingerprint density at radius 2 is 2.10 bits per heavy atom. The minimum atomic E-state index is 0.174. The fourth-order valence-corrected chi connectivity index (χ4v) is 3.76. The Kier molecular flexibility index (Phi) is 4.15. The van der Waals surface area contributed by atoms with Crippen LogP contribution in [0.4, 0.5) is 0 Å². The molecule has 0 saturated heterocycles. The van der Waals surface area contributed by atoms with Crippen LogP contribution in [-0.2, 0) is 11.3 Å². The van der Waals surface area contributed by atoms with Crippen molar-refractivity contribution in [3.05, 3.63) is 40.2 Å². The van der Waals surface area contributed by atoms with E-state index in [2.05, 4.69) is 29.6 Å². The Morgan fingerprint density at radius 1 is 1.35 bits per heavy atom. The van der Waals surface area contributed by atoms with Gasteiger partial charge in [-0.05, 0) is 25.8 Å². The van der Waals surface area contributed by atoms with Crippen molar-refractivity contribution in [2.75, 3.05) is 14.2 Å². The third-order valence-electron chi connectivity index (χ3n) is 3.65. The SMILES string of the molecule is CNCc1sc(C(OC)C2CC2)nc1-c1ccccc1. The van der Waals surface area contributed by atoms with Crippen molar-refractivity contribution < 1.29 is 4.74 Å². The first-order chi connectivity index (χ1) is 9.83. The van der Waals surface area contributed by atoms with Gasteiger partial charge < -0.3 is 10.1 Å². The van der Waals surface area contributed by atoms with Crippen molar-refractivity contribution in [1.29, 1.82) is 0 Å². The number of benzene rings is 1. The predicted octanol–water partition coefficient (Wildman–Crippen LogP) is 3.63. The van der Waals surface area contributed by atoms with Crippen molar-refractivity contribution in [2.24, 2.45) is 5.92 Å². The lowest BCUT2D eigenvalue weighted by atomic mass is 10.1. The highest BCUT2D eigenvalue weighted by Crippen LogP contribution is 2.45. The molecule has 3 rings (SSSR count). The van der Waals surface area contributed by atoms with Crippen LogP contribution in [0, 0.1) is 5.92 Å². The van der Waals surface area contributed by atoms with Crippen LogP contribution in [0.15, 0.2) is 30.3 Å². The number of hydrogen-bond acceptors (Lipinski definition) is 4. The fraction of sp³-hybridized carbons (Fsp3) is 0.438. The van der Waals surface area contributed by atoms with E-state index in [-0.39, 0.29) is 6.10 Å². The molecule has 20 heavy (non-hydrogen) atoms. The molecule has 0 aliphatic heterocycles. The maximum absolute atomic E-state index is 5.67. The lowest BCUT2D eigenvalue weighted by Crippen LogP contribution is -2.04. The molecule has 1 aliphatic carbocycles. The van der Waals surface area contributed by atoms with E-state index in [9.17, 15) is 0 Å². The summed E-state index contributed by atoms with van der Waals surface area (Å²) in [5.41, 5.74) is 2.29. The van der Waals surface area contributed by atoms with E-state index in [0.717, 1.165) is 17.2 Å². The number of hydrogen-bond donors (Lipinski definition) is 1. The molecule has 4 heteroatoms. The Bertz CT molecular complexity index is 563. The molecule has 1 N–H and O–H groups in total. The van der Waals surface area contributed by atoms with Gasteiger partial charge in [-0.1, -0.05) is 30.3 Å². The summed E-state index contributed by atoms with van der Waals surface area (Å²) in [7, 11) is 3.77. The first kappa shape index (κ1) is 13.7. The van der Waals surface area contributed by atoms with Gasteiger partial charge in [-0.2, -0.15) is 0 Å². The molecule has 1 aromatic carbocycles. The molecular weight excluding hydrogens is 268 g/mol. The molecule has 1 fully saturated rings. The second-order valence-electron chi connectivity index (χ2n) is 5.21. The van der Waals surface area contributed by atoms with Crippen molar-refractivity contribution in [3.63, 3.8) is 0 Å². The Hall–Kier alpha value is -1.23. The van der Waals surface area contributed by atoms with Gasteiger partial charge in [0.15, 0.2) is 0 Å². The number of ether oxygens (including phenoxy) is 1. The summed E-state index contributed by atoms with van der Waals surface area (Å²) in [6.07, 6.45) is 2.70. The minimum Gasteiger partial charge on any atom is -0.374 e. The highest BCUT2D eigenvalue weighted by atomic mass is 32.1. The molecule has 0 amide bonds.